The van der Waals surface area contributed by atoms with E-state index in [1.54, 1.807) is 29.1 Å². The van der Waals surface area contributed by atoms with Crippen molar-refractivity contribution in [2.75, 3.05) is 14.2 Å². The number of aromatic carboxylic acids is 1. The molecule has 0 amide bonds. The summed E-state index contributed by atoms with van der Waals surface area (Å²) in [7, 11) is 3.06. The molecule has 0 aliphatic rings. The lowest BCUT2D eigenvalue weighted by Crippen LogP contribution is -1.95. The SMILES string of the molecule is COc1cc2ncn(-c3nc(-c4cccc(F)c4)c(C(=O)O)s3)c2cc1OC. The van der Waals surface area contributed by atoms with E-state index in [1.165, 1.54) is 32.4 Å². The molecule has 2 heterocycles. The van der Waals surface area contributed by atoms with Gasteiger partial charge in [-0.1, -0.05) is 23.5 Å². The third kappa shape index (κ3) is 2.95. The van der Waals surface area contributed by atoms with Gasteiger partial charge in [0.2, 0.25) is 0 Å². The number of halogens is 1. The number of carboxylic acid groups (broad SMARTS) is 1. The summed E-state index contributed by atoms with van der Waals surface area (Å²) < 4.78 is 25.9. The number of hydrogen-bond donors (Lipinski definition) is 1. The molecular weight excluding hydrogens is 385 g/mol. The number of aromatic nitrogens is 3. The molecule has 28 heavy (non-hydrogen) atoms. The van der Waals surface area contributed by atoms with Gasteiger partial charge in [-0.3, -0.25) is 4.57 Å². The lowest BCUT2D eigenvalue weighted by molar-refractivity contribution is 0.0702. The van der Waals surface area contributed by atoms with E-state index in [-0.39, 0.29) is 10.6 Å². The van der Waals surface area contributed by atoms with Crippen LogP contribution in [0, 0.1) is 5.82 Å². The number of thiazole rings is 1. The molecule has 2 aromatic carbocycles. The smallest absolute Gasteiger partial charge is 0.348 e. The highest BCUT2D eigenvalue weighted by molar-refractivity contribution is 7.16. The number of methoxy groups -OCH3 is 2. The minimum atomic E-state index is -1.13. The Hall–Kier alpha value is -3.46. The van der Waals surface area contributed by atoms with Crippen molar-refractivity contribution < 1.29 is 23.8 Å². The van der Waals surface area contributed by atoms with Crippen LogP contribution in [0.25, 0.3) is 27.4 Å². The summed E-state index contributed by atoms with van der Waals surface area (Å²) in [4.78, 5) is 20.5. The average molecular weight is 399 g/mol. The number of fused-ring (bicyclic) bond motifs is 1. The van der Waals surface area contributed by atoms with E-state index < -0.39 is 11.8 Å². The Bertz CT molecular complexity index is 1200. The van der Waals surface area contributed by atoms with Crippen molar-refractivity contribution in [3.8, 4) is 27.9 Å². The molecule has 4 rings (SSSR count). The van der Waals surface area contributed by atoms with E-state index in [4.69, 9.17) is 9.47 Å². The van der Waals surface area contributed by atoms with Crippen LogP contribution in [-0.2, 0) is 0 Å². The van der Waals surface area contributed by atoms with Crippen LogP contribution in [-0.4, -0.2) is 39.8 Å². The zero-order chi connectivity index (χ0) is 19.8. The lowest BCUT2D eigenvalue weighted by atomic mass is 10.1. The average Bonchev–Trinajstić information content (AvgIpc) is 3.30. The number of rotatable bonds is 5. The van der Waals surface area contributed by atoms with Crippen LogP contribution in [0.15, 0.2) is 42.7 Å². The second kappa shape index (κ2) is 6.93. The predicted octanol–water partition coefficient (Wildman–Crippen LogP) is 4.00. The standard InChI is InChI=1S/C19H14FN3O4S/c1-26-14-7-12-13(8-15(14)27-2)23(9-21-12)19-22-16(17(28-19)18(24)25)10-4-3-5-11(20)6-10/h3-9H,1-2H3,(H,24,25). The number of hydrogen-bond acceptors (Lipinski definition) is 6. The molecule has 4 aromatic rings. The Morgan fingerprint density at radius 2 is 1.93 bits per heavy atom. The molecule has 2 aromatic heterocycles. The van der Waals surface area contributed by atoms with Crippen LogP contribution >= 0.6 is 11.3 Å². The summed E-state index contributed by atoms with van der Waals surface area (Å²) >= 11 is 0.982. The highest BCUT2D eigenvalue weighted by atomic mass is 32.1. The van der Waals surface area contributed by atoms with Gasteiger partial charge in [0.1, 0.15) is 17.0 Å². The van der Waals surface area contributed by atoms with Gasteiger partial charge in [-0.05, 0) is 12.1 Å². The fourth-order valence-corrected chi connectivity index (χ4v) is 3.79. The molecule has 0 saturated carbocycles. The van der Waals surface area contributed by atoms with E-state index in [2.05, 4.69) is 9.97 Å². The quantitative estimate of drug-likeness (QED) is 0.546. The molecule has 0 fully saturated rings. The van der Waals surface area contributed by atoms with Crippen LogP contribution in [0.4, 0.5) is 4.39 Å². The molecule has 0 unspecified atom stereocenters. The van der Waals surface area contributed by atoms with Crippen LogP contribution < -0.4 is 9.47 Å². The fourth-order valence-electron chi connectivity index (χ4n) is 2.88. The van der Waals surface area contributed by atoms with Gasteiger partial charge >= 0.3 is 5.97 Å². The van der Waals surface area contributed by atoms with Crippen LogP contribution in [0.1, 0.15) is 9.67 Å². The van der Waals surface area contributed by atoms with Gasteiger partial charge in [-0.2, -0.15) is 0 Å². The first-order chi connectivity index (χ1) is 13.5. The van der Waals surface area contributed by atoms with Crippen LogP contribution in [0.3, 0.4) is 0 Å². The van der Waals surface area contributed by atoms with Gasteiger partial charge in [-0.15, -0.1) is 0 Å². The normalized spacial score (nSPS) is 11.0. The van der Waals surface area contributed by atoms with E-state index in [0.717, 1.165) is 11.3 Å². The Balaban J connectivity index is 1.90. The second-order valence-corrected chi connectivity index (χ2v) is 6.78. The van der Waals surface area contributed by atoms with E-state index in [0.29, 0.717) is 33.2 Å². The number of imidazole rings is 1. The van der Waals surface area contributed by atoms with Gasteiger partial charge in [0.05, 0.1) is 30.9 Å². The largest absolute Gasteiger partial charge is 0.493 e. The Morgan fingerprint density at radius 1 is 1.18 bits per heavy atom. The number of ether oxygens (including phenoxy) is 2. The molecule has 0 aliphatic heterocycles. The minimum Gasteiger partial charge on any atom is -0.493 e. The van der Waals surface area contributed by atoms with Crippen molar-refractivity contribution in [1.82, 2.24) is 14.5 Å². The summed E-state index contributed by atoms with van der Waals surface area (Å²) in [5.41, 5.74) is 1.91. The lowest BCUT2D eigenvalue weighted by Gasteiger charge is -2.07. The highest BCUT2D eigenvalue weighted by Gasteiger charge is 2.21. The summed E-state index contributed by atoms with van der Waals surface area (Å²) in [5.74, 6) is -0.553. The van der Waals surface area contributed by atoms with E-state index >= 15 is 0 Å². The van der Waals surface area contributed by atoms with E-state index in [1.807, 2.05) is 0 Å². The highest BCUT2D eigenvalue weighted by Crippen LogP contribution is 2.35. The third-order valence-corrected chi connectivity index (χ3v) is 5.21. The molecule has 7 nitrogen and oxygen atoms in total. The Kier molecular flexibility index (Phi) is 4.44. The molecule has 0 saturated heterocycles. The summed E-state index contributed by atoms with van der Waals surface area (Å²) in [6.07, 6.45) is 1.55. The van der Waals surface area contributed by atoms with Gasteiger partial charge in [0, 0.05) is 17.7 Å². The maximum Gasteiger partial charge on any atom is 0.348 e. The first-order valence-corrected chi connectivity index (χ1v) is 8.93. The Morgan fingerprint density at radius 3 is 2.61 bits per heavy atom. The van der Waals surface area contributed by atoms with E-state index in [9.17, 15) is 14.3 Å². The van der Waals surface area contributed by atoms with Crippen molar-refractivity contribution >= 4 is 28.3 Å². The van der Waals surface area contributed by atoms with Crippen LogP contribution in [0.2, 0.25) is 0 Å². The molecule has 0 radical (unpaired) electrons. The molecule has 0 aliphatic carbocycles. The molecule has 1 N–H and O–H groups in total. The topological polar surface area (TPSA) is 86.5 Å². The maximum absolute atomic E-state index is 13.6. The minimum absolute atomic E-state index is 0.0166. The zero-order valence-corrected chi connectivity index (χ0v) is 15.7. The van der Waals surface area contributed by atoms with Gasteiger partial charge in [0.25, 0.3) is 0 Å². The fraction of sp³-hybridized carbons (Fsp3) is 0.105. The molecule has 9 heteroatoms. The number of carboxylic acids is 1. The molecular formula is C19H14FN3O4S. The molecule has 0 atom stereocenters. The number of nitrogens with zero attached hydrogens (tertiary/aromatic N) is 3. The van der Waals surface area contributed by atoms with Crippen LogP contribution in [0.5, 0.6) is 11.5 Å². The summed E-state index contributed by atoms with van der Waals surface area (Å²) in [5, 5.41) is 9.98. The van der Waals surface area contributed by atoms with Gasteiger partial charge in [0.15, 0.2) is 16.6 Å². The maximum atomic E-state index is 13.6. The Labute approximate surface area is 162 Å². The monoisotopic (exact) mass is 399 g/mol. The number of carbonyl (C=O) groups is 1. The second-order valence-electron chi connectivity index (χ2n) is 5.80. The molecule has 0 spiro atoms. The van der Waals surface area contributed by atoms with Gasteiger partial charge < -0.3 is 14.6 Å². The van der Waals surface area contributed by atoms with Crippen molar-refractivity contribution in [2.24, 2.45) is 0 Å². The van der Waals surface area contributed by atoms with Crippen molar-refractivity contribution in [1.29, 1.82) is 0 Å². The van der Waals surface area contributed by atoms with Crippen molar-refractivity contribution in [3.05, 3.63) is 53.4 Å². The van der Waals surface area contributed by atoms with Crippen molar-refractivity contribution in [2.45, 2.75) is 0 Å². The van der Waals surface area contributed by atoms with Gasteiger partial charge in [-0.25, -0.2) is 19.2 Å². The summed E-state index contributed by atoms with van der Waals surface area (Å²) in [6, 6.07) is 9.15. The predicted molar refractivity (Wildman–Crippen MR) is 102 cm³/mol. The van der Waals surface area contributed by atoms with Crippen molar-refractivity contribution in [3.63, 3.8) is 0 Å². The molecule has 0 bridgehead atoms. The zero-order valence-electron chi connectivity index (χ0n) is 14.8. The molecule has 142 valence electrons. The first kappa shape index (κ1) is 17.9. The third-order valence-electron chi connectivity index (χ3n) is 4.17. The first-order valence-electron chi connectivity index (χ1n) is 8.11. The number of benzene rings is 2. The summed E-state index contributed by atoms with van der Waals surface area (Å²) in [6.45, 7) is 0.